The lowest BCUT2D eigenvalue weighted by Crippen LogP contribution is -2.14. The van der Waals surface area contributed by atoms with E-state index in [1.54, 1.807) is 0 Å². The van der Waals surface area contributed by atoms with Crippen LogP contribution in [-0.4, -0.2) is 14.5 Å². The highest BCUT2D eigenvalue weighted by Crippen LogP contribution is 2.53. The molecular formula is C50H34N4. The molecule has 254 valence electrons. The van der Waals surface area contributed by atoms with Crippen LogP contribution in [0.2, 0.25) is 0 Å². The molecule has 4 nitrogen and oxygen atoms in total. The minimum atomic E-state index is -0.116. The molecule has 1 aliphatic carbocycles. The molecule has 0 N–H and O–H groups in total. The van der Waals surface area contributed by atoms with Gasteiger partial charge in [0.15, 0.2) is 5.82 Å². The first-order chi connectivity index (χ1) is 26.5. The van der Waals surface area contributed by atoms with Crippen LogP contribution in [0.4, 0.5) is 0 Å². The smallest absolute Gasteiger partial charge is 0.160 e. The van der Waals surface area contributed by atoms with Crippen LogP contribution in [0.15, 0.2) is 170 Å². The number of hydrogen-bond donors (Lipinski definition) is 0. The third-order valence-corrected chi connectivity index (χ3v) is 11.0. The molecule has 0 unspecified atom stereocenters. The summed E-state index contributed by atoms with van der Waals surface area (Å²) < 4.78 is 2.38. The average Bonchev–Trinajstić information content (AvgIpc) is 3.69. The lowest BCUT2D eigenvalue weighted by molar-refractivity contribution is 0.661. The number of nitriles is 1. The Morgan fingerprint density at radius 2 is 1.13 bits per heavy atom. The molecule has 1 aliphatic rings. The molecule has 0 bridgehead atoms. The van der Waals surface area contributed by atoms with Gasteiger partial charge in [0.05, 0.1) is 34.1 Å². The van der Waals surface area contributed by atoms with E-state index in [0.717, 1.165) is 55.9 Å². The fourth-order valence-electron chi connectivity index (χ4n) is 8.48. The molecule has 54 heavy (non-hydrogen) atoms. The molecule has 2 aromatic heterocycles. The zero-order chi connectivity index (χ0) is 36.4. The van der Waals surface area contributed by atoms with Crippen molar-refractivity contribution in [1.82, 2.24) is 14.5 Å². The highest BCUT2D eigenvalue weighted by Gasteiger charge is 2.37. The zero-order valence-corrected chi connectivity index (χ0v) is 30.0. The van der Waals surface area contributed by atoms with Crippen molar-refractivity contribution >= 4 is 21.8 Å². The highest BCUT2D eigenvalue weighted by atomic mass is 15.0. The van der Waals surface area contributed by atoms with Crippen molar-refractivity contribution in [3.05, 3.63) is 187 Å². The van der Waals surface area contributed by atoms with Gasteiger partial charge in [0.25, 0.3) is 0 Å². The average molecular weight is 691 g/mol. The van der Waals surface area contributed by atoms with E-state index in [1.165, 1.54) is 33.0 Å². The third-order valence-electron chi connectivity index (χ3n) is 11.0. The standard InChI is InChI=1S/C50H34N4/c1-50(2)41-23-13-11-21-39(41)47-42(50)25-26-46-48(47)40-22-12-14-24-45(40)54(46)37-28-35(38-20-10-9-19-34(38)31-51)27-36(29-37)49-52-43(32-15-5-3-6-16-32)30-44(53-49)33-17-7-4-8-18-33/h3-30H,1-2H3. The molecule has 9 aromatic rings. The lowest BCUT2D eigenvalue weighted by atomic mass is 9.82. The highest BCUT2D eigenvalue weighted by molar-refractivity contribution is 6.18. The van der Waals surface area contributed by atoms with Crippen LogP contribution in [-0.2, 0) is 5.41 Å². The Bertz CT molecular complexity index is 2910. The first-order valence-corrected chi connectivity index (χ1v) is 18.3. The molecule has 0 amide bonds. The van der Waals surface area contributed by atoms with Crippen molar-refractivity contribution in [1.29, 1.82) is 5.26 Å². The summed E-state index contributed by atoms with van der Waals surface area (Å²) in [5.74, 6) is 0.616. The molecular weight excluding hydrogens is 657 g/mol. The summed E-state index contributed by atoms with van der Waals surface area (Å²) in [6.07, 6.45) is 0. The van der Waals surface area contributed by atoms with Gasteiger partial charge >= 0.3 is 0 Å². The van der Waals surface area contributed by atoms with Crippen molar-refractivity contribution in [2.45, 2.75) is 19.3 Å². The Balaban J connectivity index is 1.29. The van der Waals surface area contributed by atoms with E-state index >= 15 is 0 Å². The van der Waals surface area contributed by atoms with E-state index in [1.807, 2.05) is 60.7 Å². The fraction of sp³-hybridized carbons (Fsp3) is 0.0600. The Morgan fingerprint density at radius 1 is 0.519 bits per heavy atom. The maximum Gasteiger partial charge on any atom is 0.160 e. The molecule has 0 fully saturated rings. The van der Waals surface area contributed by atoms with Crippen LogP contribution >= 0.6 is 0 Å². The molecule has 0 saturated carbocycles. The summed E-state index contributed by atoms with van der Waals surface area (Å²) in [5.41, 5.74) is 15.4. The van der Waals surface area contributed by atoms with Gasteiger partial charge < -0.3 is 4.57 Å². The van der Waals surface area contributed by atoms with Gasteiger partial charge in [-0.1, -0.05) is 141 Å². The maximum atomic E-state index is 10.3. The van der Waals surface area contributed by atoms with E-state index in [0.29, 0.717) is 11.4 Å². The summed E-state index contributed by atoms with van der Waals surface area (Å²) in [6.45, 7) is 4.66. The van der Waals surface area contributed by atoms with Crippen LogP contribution in [0.25, 0.3) is 83.6 Å². The molecule has 4 heteroatoms. The Kier molecular flexibility index (Phi) is 7.18. The largest absolute Gasteiger partial charge is 0.309 e. The van der Waals surface area contributed by atoms with Gasteiger partial charge in [0.1, 0.15) is 0 Å². The predicted octanol–water partition coefficient (Wildman–Crippen LogP) is 12.4. The van der Waals surface area contributed by atoms with Gasteiger partial charge in [0, 0.05) is 38.6 Å². The summed E-state index contributed by atoms with van der Waals surface area (Å²) >= 11 is 0. The first-order valence-electron chi connectivity index (χ1n) is 18.3. The molecule has 0 aliphatic heterocycles. The van der Waals surface area contributed by atoms with Gasteiger partial charge in [-0.3, -0.25) is 0 Å². The van der Waals surface area contributed by atoms with Crippen LogP contribution in [0.3, 0.4) is 0 Å². The second kappa shape index (κ2) is 12.3. The number of aromatic nitrogens is 3. The second-order valence-corrected chi connectivity index (χ2v) is 14.5. The predicted molar refractivity (Wildman–Crippen MR) is 220 cm³/mol. The maximum absolute atomic E-state index is 10.3. The van der Waals surface area contributed by atoms with Crippen molar-refractivity contribution in [2.75, 3.05) is 0 Å². The number of nitrogens with zero attached hydrogens (tertiary/aromatic N) is 4. The van der Waals surface area contributed by atoms with Crippen LogP contribution in [0.5, 0.6) is 0 Å². The minimum Gasteiger partial charge on any atom is -0.309 e. The van der Waals surface area contributed by atoms with Crippen LogP contribution in [0, 0.1) is 11.3 Å². The van der Waals surface area contributed by atoms with E-state index < -0.39 is 0 Å². The van der Waals surface area contributed by atoms with Crippen molar-refractivity contribution in [2.24, 2.45) is 0 Å². The minimum absolute atomic E-state index is 0.116. The van der Waals surface area contributed by atoms with E-state index in [-0.39, 0.29) is 5.41 Å². The van der Waals surface area contributed by atoms with Crippen LogP contribution in [0.1, 0.15) is 30.5 Å². The number of hydrogen-bond acceptors (Lipinski definition) is 3. The monoisotopic (exact) mass is 690 g/mol. The number of rotatable bonds is 5. The molecule has 10 rings (SSSR count). The summed E-state index contributed by atoms with van der Waals surface area (Å²) in [6, 6.07) is 61.5. The third kappa shape index (κ3) is 4.90. The SMILES string of the molecule is CC1(C)c2ccccc2-c2c1ccc1c2c2ccccc2n1-c1cc(-c2nc(-c3ccccc3)cc(-c3ccccc3)n2)cc(-c2ccccc2C#N)c1. The van der Waals surface area contributed by atoms with Crippen molar-refractivity contribution in [3.8, 4) is 67.9 Å². The molecule has 2 heterocycles. The Labute approximate surface area is 314 Å². The topological polar surface area (TPSA) is 54.5 Å². The van der Waals surface area contributed by atoms with E-state index in [4.69, 9.17) is 9.97 Å². The van der Waals surface area contributed by atoms with Gasteiger partial charge in [-0.25, -0.2) is 9.97 Å². The molecule has 0 radical (unpaired) electrons. The Morgan fingerprint density at radius 3 is 1.85 bits per heavy atom. The van der Waals surface area contributed by atoms with Gasteiger partial charge in [0.2, 0.25) is 0 Å². The van der Waals surface area contributed by atoms with Gasteiger partial charge in [-0.15, -0.1) is 0 Å². The number of benzene rings is 7. The zero-order valence-electron chi connectivity index (χ0n) is 30.0. The normalized spacial score (nSPS) is 12.8. The summed E-state index contributed by atoms with van der Waals surface area (Å²) in [4.78, 5) is 10.5. The summed E-state index contributed by atoms with van der Waals surface area (Å²) in [5, 5.41) is 12.7. The van der Waals surface area contributed by atoms with Crippen LogP contribution < -0.4 is 0 Å². The number of fused-ring (bicyclic) bond motifs is 7. The molecule has 7 aromatic carbocycles. The second-order valence-electron chi connectivity index (χ2n) is 14.5. The fourth-order valence-corrected chi connectivity index (χ4v) is 8.48. The molecule has 0 spiro atoms. The van der Waals surface area contributed by atoms with E-state index in [9.17, 15) is 5.26 Å². The quantitative estimate of drug-likeness (QED) is 0.181. The van der Waals surface area contributed by atoms with Gasteiger partial charge in [-0.05, 0) is 75.8 Å². The lowest BCUT2D eigenvalue weighted by Gasteiger charge is -2.21. The van der Waals surface area contributed by atoms with Gasteiger partial charge in [-0.2, -0.15) is 5.26 Å². The van der Waals surface area contributed by atoms with Crippen molar-refractivity contribution < 1.29 is 0 Å². The van der Waals surface area contributed by atoms with Crippen molar-refractivity contribution in [3.63, 3.8) is 0 Å². The first kappa shape index (κ1) is 31.6. The molecule has 0 atom stereocenters. The van der Waals surface area contributed by atoms with E-state index in [2.05, 4.69) is 134 Å². The number of para-hydroxylation sites is 1. The molecule has 0 saturated heterocycles. The Hall–Kier alpha value is -7.09. The summed E-state index contributed by atoms with van der Waals surface area (Å²) in [7, 11) is 0.